The lowest BCUT2D eigenvalue weighted by Gasteiger charge is -2.14. The molecule has 0 fully saturated rings. The molecule has 0 saturated carbocycles. The van der Waals surface area contributed by atoms with E-state index >= 15 is 0 Å². The monoisotopic (exact) mass is 483 g/mol. The Morgan fingerprint density at radius 1 is 1.25 bits per heavy atom. The van der Waals surface area contributed by atoms with E-state index in [0.29, 0.717) is 5.56 Å². The Bertz CT molecular complexity index is 1360. The lowest BCUT2D eigenvalue weighted by Crippen LogP contribution is -2.25. The van der Waals surface area contributed by atoms with Crippen molar-refractivity contribution in [2.24, 2.45) is 5.14 Å². The number of fused-ring (bicyclic) bond motifs is 1. The van der Waals surface area contributed by atoms with Crippen LogP contribution < -0.4 is 20.2 Å². The van der Waals surface area contributed by atoms with Gasteiger partial charge >= 0.3 is 11.7 Å². The van der Waals surface area contributed by atoms with Gasteiger partial charge in [-0.15, -0.1) is 0 Å². The first-order valence-electron chi connectivity index (χ1n) is 9.11. The van der Waals surface area contributed by atoms with Crippen molar-refractivity contribution in [2.45, 2.75) is 13.1 Å². The van der Waals surface area contributed by atoms with Crippen LogP contribution in [0.2, 0.25) is 5.02 Å². The molecule has 170 valence electrons. The molecule has 0 aliphatic carbocycles. The van der Waals surface area contributed by atoms with E-state index in [0.717, 1.165) is 0 Å². The Morgan fingerprint density at radius 2 is 1.97 bits per heavy atom. The zero-order chi connectivity index (χ0) is 23.6. The molecule has 1 heterocycles. The molecule has 9 nitrogen and oxygen atoms in total. The first kappa shape index (κ1) is 23.5. The van der Waals surface area contributed by atoms with Gasteiger partial charge < -0.3 is 14.1 Å². The van der Waals surface area contributed by atoms with Crippen LogP contribution in [0.25, 0.3) is 11.0 Å². The largest absolute Gasteiger partial charge is 0.422 e. The van der Waals surface area contributed by atoms with Crippen molar-refractivity contribution in [3.8, 4) is 5.75 Å². The fourth-order valence-electron chi connectivity index (χ4n) is 3.01. The average molecular weight is 484 g/mol. The van der Waals surface area contributed by atoms with Crippen molar-refractivity contribution in [1.82, 2.24) is 4.90 Å². The number of benzene rings is 2. The molecule has 12 heteroatoms. The van der Waals surface area contributed by atoms with Gasteiger partial charge in [-0.3, -0.25) is 4.72 Å². The number of ether oxygens (including phenoxy) is 1. The minimum absolute atomic E-state index is 0.00185. The minimum Gasteiger partial charge on any atom is -0.422 e. The lowest BCUT2D eigenvalue weighted by molar-refractivity contribution is 0.172. The molecule has 32 heavy (non-hydrogen) atoms. The molecule has 0 atom stereocenters. The van der Waals surface area contributed by atoms with Gasteiger partial charge in [-0.2, -0.15) is 8.42 Å². The van der Waals surface area contributed by atoms with Crippen LogP contribution in [-0.4, -0.2) is 33.5 Å². The van der Waals surface area contributed by atoms with Crippen molar-refractivity contribution in [2.75, 3.05) is 18.8 Å². The van der Waals surface area contributed by atoms with Crippen molar-refractivity contribution in [3.63, 3.8) is 0 Å². The molecule has 0 spiro atoms. The number of halogens is 2. The number of nitrogens with two attached hydrogens (primary N) is 1. The van der Waals surface area contributed by atoms with E-state index in [1.807, 2.05) is 0 Å². The summed E-state index contributed by atoms with van der Waals surface area (Å²) in [6.07, 6.45) is -0.726. The van der Waals surface area contributed by atoms with Crippen molar-refractivity contribution in [3.05, 3.63) is 68.5 Å². The smallest absolute Gasteiger partial charge is 0.414 e. The highest BCUT2D eigenvalue weighted by Gasteiger charge is 2.19. The van der Waals surface area contributed by atoms with E-state index in [1.54, 1.807) is 12.1 Å². The van der Waals surface area contributed by atoms with Crippen molar-refractivity contribution < 1.29 is 26.8 Å². The number of amides is 1. The van der Waals surface area contributed by atoms with Crippen LogP contribution >= 0.6 is 11.6 Å². The van der Waals surface area contributed by atoms with Gasteiger partial charge in [-0.05, 0) is 23.8 Å². The quantitative estimate of drug-likeness (QED) is 0.517. The Kier molecular flexibility index (Phi) is 6.72. The predicted molar refractivity (Wildman–Crippen MR) is 118 cm³/mol. The van der Waals surface area contributed by atoms with E-state index in [1.165, 1.54) is 43.3 Å². The normalized spacial score (nSPS) is 11.4. The van der Waals surface area contributed by atoms with Gasteiger partial charge in [0.15, 0.2) is 5.75 Å². The van der Waals surface area contributed by atoms with Crippen LogP contribution in [0.5, 0.6) is 5.75 Å². The van der Waals surface area contributed by atoms with E-state index in [-0.39, 0.29) is 45.0 Å². The molecule has 3 rings (SSSR count). The number of nitrogens with one attached hydrogen (secondary N) is 1. The SMILES string of the molecule is CN(C)C(=O)Oc1cc2oc(=O)c(Cc3cccc(NS(N)(=O)=O)c3)c(CF)c2cc1Cl. The minimum atomic E-state index is -3.98. The molecule has 0 bridgehead atoms. The zero-order valence-corrected chi connectivity index (χ0v) is 18.6. The second kappa shape index (κ2) is 9.15. The second-order valence-corrected chi connectivity index (χ2v) is 8.75. The van der Waals surface area contributed by atoms with Crippen LogP contribution in [-0.2, 0) is 23.3 Å². The molecular weight excluding hydrogens is 465 g/mol. The Morgan fingerprint density at radius 3 is 2.59 bits per heavy atom. The summed E-state index contributed by atoms with van der Waals surface area (Å²) in [4.78, 5) is 25.6. The summed E-state index contributed by atoms with van der Waals surface area (Å²) in [6.45, 7) is -0.986. The highest BCUT2D eigenvalue weighted by atomic mass is 35.5. The van der Waals surface area contributed by atoms with Gasteiger partial charge in [0, 0.05) is 43.1 Å². The van der Waals surface area contributed by atoms with Crippen LogP contribution in [0.1, 0.15) is 16.7 Å². The summed E-state index contributed by atoms with van der Waals surface area (Å²) in [5, 5.41) is 5.25. The highest BCUT2D eigenvalue weighted by Crippen LogP contribution is 2.33. The number of hydrogen-bond acceptors (Lipinski definition) is 6. The molecule has 0 saturated heterocycles. The second-order valence-electron chi connectivity index (χ2n) is 7.05. The number of hydrogen-bond donors (Lipinski definition) is 2. The summed E-state index contributed by atoms with van der Waals surface area (Å²) in [5.41, 5.74) is 0.0227. The molecule has 0 unspecified atom stereocenters. The highest BCUT2D eigenvalue weighted by molar-refractivity contribution is 7.90. The number of alkyl halides is 1. The Labute approximate surface area is 187 Å². The maximum absolute atomic E-state index is 14.0. The fourth-order valence-corrected chi connectivity index (χ4v) is 3.67. The van der Waals surface area contributed by atoms with Crippen LogP contribution in [0.3, 0.4) is 0 Å². The third kappa shape index (κ3) is 5.36. The number of rotatable bonds is 6. The zero-order valence-electron chi connectivity index (χ0n) is 17.0. The molecule has 1 amide bonds. The van der Waals surface area contributed by atoms with Gasteiger partial charge in [0.25, 0.3) is 10.2 Å². The maximum atomic E-state index is 14.0. The Hall–Kier alpha value is -3.15. The van der Waals surface area contributed by atoms with E-state index in [2.05, 4.69) is 4.72 Å². The molecule has 3 aromatic rings. The summed E-state index contributed by atoms with van der Waals surface area (Å²) >= 11 is 6.20. The molecule has 0 aliphatic rings. The molecule has 1 aromatic heterocycles. The fraction of sp³-hybridized carbons (Fsp3) is 0.200. The van der Waals surface area contributed by atoms with Gasteiger partial charge in [0.05, 0.1) is 10.7 Å². The molecule has 0 aliphatic heterocycles. The molecular formula is C20H19ClFN3O6S. The van der Waals surface area contributed by atoms with Crippen molar-refractivity contribution >= 4 is 44.6 Å². The third-order valence-corrected chi connectivity index (χ3v) is 5.25. The molecule has 3 N–H and O–H groups in total. The van der Waals surface area contributed by atoms with E-state index in [4.69, 9.17) is 25.9 Å². The van der Waals surface area contributed by atoms with E-state index in [9.17, 15) is 22.4 Å². The molecule has 2 aromatic carbocycles. The number of nitrogens with zero attached hydrogens (tertiary/aromatic N) is 1. The number of anilines is 1. The van der Waals surface area contributed by atoms with Crippen LogP contribution in [0, 0.1) is 0 Å². The topological polar surface area (TPSA) is 132 Å². The summed E-state index contributed by atoms with van der Waals surface area (Å²) < 4.78 is 49.1. The first-order chi connectivity index (χ1) is 15.0. The predicted octanol–water partition coefficient (Wildman–Crippen LogP) is 3.18. The van der Waals surface area contributed by atoms with E-state index < -0.39 is 28.6 Å². The summed E-state index contributed by atoms with van der Waals surface area (Å²) in [6, 6.07) is 8.74. The van der Waals surface area contributed by atoms with Gasteiger partial charge in [-0.1, -0.05) is 23.7 Å². The average Bonchev–Trinajstić information content (AvgIpc) is 2.68. The molecule has 0 radical (unpaired) electrons. The third-order valence-electron chi connectivity index (χ3n) is 4.44. The standard InChI is InChI=1S/C20H19ClFN3O6S/c1-25(2)20(27)31-18-9-17-13(8-16(18)21)15(10-22)14(19(26)30-17)7-11-4-3-5-12(6-11)24-32(23,28)29/h3-6,8-9,24H,7,10H2,1-2H3,(H2,23,28,29). The number of carbonyl (C=O) groups is 1. The summed E-state index contributed by atoms with van der Waals surface area (Å²) in [7, 11) is -1.01. The first-order valence-corrected chi connectivity index (χ1v) is 11.0. The van der Waals surface area contributed by atoms with Gasteiger partial charge in [0.2, 0.25) is 0 Å². The van der Waals surface area contributed by atoms with Crippen LogP contribution in [0.15, 0.2) is 45.6 Å². The Balaban J connectivity index is 2.05. The summed E-state index contributed by atoms with van der Waals surface area (Å²) in [5.74, 6) is -0.0413. The maximum Gasteiger partial charge on any atom is 0.414 e. The number of carbonyl (C=O) groups excluding carboxylic acids is 1. The lowest BCUT2D eigenvalue weighted by atomic mass is 9.99. The van der Waals surface area contributed by atoms with Gasteiger partial charge in [0.1, 0.15) is 12.3 Å². The van der Waals surface area contributed by atoms with Crippen molar-refractivity contribution in [1.29, 1.82) is 0 Å². The van der Waals surface area contributed by atoms with Gasteiger partial charge in [-0.25, -0.2) is 19.1 Å². The van der Waals surface area contributed by atoms with Crippen LogP contribution in [0.4, 0.5) is 14.9 Å².